The van der Waals surface area contributed by atoms with Crippen LogP contribution in [0.3, 0.4) is 0 Å². The number of nitrogens with one attached hydrogen (secondary N) is 2. The van der Waals surface area contributed by atoms with Gasteiger partial charge in [0.1, 0.15) is 0 Å². The number of halogens is 1. The third-order valence-electron chi connectivity index (χ3n) is 4.55. The highest BCUT2D eigenvalue weighted by Crippen LogP contribution is 2.13. The molecule has 7 heteroatoms. The van der Waals surface area contributed by atoms with Crippen LogP contribution in [0.1, 0.15) is 27.9 Å². The van der Waals surface area contributed by atoms with Gasteiger partial charge in [0.2, 0.25) is 11.8 Å². The van der Waals surface area contributed by atoms with Crippen molar-refractivity contribution in [2.45, 2.75) is 19.4 Å². The largest absolute Gasteiger partial charge is 0.353 e. The molecule has 1 saturated heterocycles. The molecule has 0 bridgehead atoms. The van der Waals surface area contributed by atoms with Crippen molar-refractivity contribution >= 4 is 33.7 Å². The molecule has 0 atom stereocenters. The number of rotatable bonds is 6. The molecule has 6 nitrogen and oxygen atoms in total. The molecule has 0 aromatic heterocycles. The molecule has 3 rings (SSSR count). The van der Waals surface area contributed by atoms with E-state index in [1.54, 1.807) is 12.1 Å². The van der Waals surface area contributed by atoms with E-state index in [-0.39, 0.29) is 24.3 Å². The summed E-state index contributed by atoms with van der Waals surface area (Å²) in [5.74, 6) is -0.305. The van der Waals surface area contributed by atoms with Crippen LogP contribution in [0.5, 0.6) is 0 Å². The van der Waals surface area contributed by atoms with Gasteiger partial charge in [-0.05, 0) is 41.8 Å². The lowest BCUT2D eigenvalue weighted by atomic mass is 10.1. The maximum atomic E-state index is 12.4. The first kappa shape index (κ1) is 20.1. The molecule has 0 saturated carbocycles. The third kappa shape index (κ3) is 5.66. The predicted molar refractivity (Wildman–Crippen MR) is 110 cm³/mol. The van der Waals surface area contributed by atoms with Crippen molar-refractivity contribution < 1.29 is 14.4 Å². The van der Waals surface area contributed by atoms with E-state index in [0.29, 0.717) is 38.0 Å². The number of benzene rings is 2. The molecule has 1 fully saturated rings. The van der Waals surface area contributed by atoms with Crippen LogP contribution >= 0.6 is 15.9 Å². The van der Waals surface area contributed by atoms with Crippen molar-refractivity contribution in [3.05, 3.63) is 69.7 Å². The van der Waals surface area contributed by atoms with Gasteiger partial charge < -0.3 is 15.5 Å². The van der Waals surface area contributed by atoms with Gasteiger partial charge in [-0.2, -0.15) is 0 Å². The lowest BCUT2D eigenvalue weighted by Gasteiger charge is -2.26. The van der Waals surface area contributed by atoms with E-state index in [9.17, 15) is 14.4 Å². The van der Waals surface area contributed by atoms with E-state index < -0.39 is 0 Å². The van der Waals surface area contributed by atoms with E-state index in [1.165, 1.54) is 4.90 Å². The minimum Gasteiger partial charge on any atom is -0.353 e. The SMILES string of the molecule is O=C(CCc1cccc(Br)c1)NCc1ccc(C(=O)N2CCNC(=O)C2)cc1. The lowest BCUT2D eigenvalue weighted by molar-refractivity contribution is -0.123. The Bertz CT molecular complexity index is 867. The zero-order valence-corrected chi connectivity index (χ0v) is 17.0. The first-order valence-corrected chi connectivity index (χ1v) is 9.96. The van der Waals surface area contributed by atoms with Crippen molar-refractivity contribution in [1.29, 1.82) is 0 Å². The highest BCUT2D eigenvalue weighted by molar-refractivity contribution is 9.10. The minimum atomic E-state index is -0.153. The fourth-order valence-electron chi connectivity index (χ4n) is 3.00. The predicted octanol–water partition coefficient (Wildman–Crippen LogP) is 2.27. The summed E-state index contributed by atoms with van der Waals surface area (Å²) in [5, 5.41) is 5.61. The Labute approximate surface area is 172 Å². The fraction of sp³-hybridized carbons (Fsp3) is 0.286. The first-order valence-electron chi connectivity index (χ1n) is 9.17. The fourth-order valence-corrected chi connectivity index (χ4v) is 3.45. The second-order valence-corrected chi connectivity index (χ2v) is 7.60. The number of carbonyl (C=O) groups is 3. The molecule has 0 unspecified atom stereocenters. The molecular weight excluding hydrogens is 422 g/mol. The molecule has 0 spiro atoms. The molecule has 2 N–H and O–H groups in total. The number of aryl methyl sites for hydroxylation is 1. The first-order chi connectivity index (χ1) is 13.5. The monoisotopic (exact) mass is 443 g/mol. The van der Waals surface area contributed by atoms with Gasteiger partial charge in [-0.3, -0.25) is 14.4 Å². The number of nitrogens with zero attached hydrogens (tertiary/aromatic N) is 1. The van der Waals surface area contributed by atoms with Crippen LogP contribution in [0, 0.1) is 0 Å². The number of amides is 3. The molecule has 2 aromatic carbocycles. The quantitative estimate of drug-likeness (QED) is 0.718. The maximum absolute atomic E-state index is 12.4. The summed E-state index contributed by atoms with van der Waals surface area (Å²) in [6.07, 6.45) is 1.10. The van der Waals surface area contributed by atoms with Crippen LogP contribution in [0.15, 0.2) is 53.0 Å². The third-order valence-corrected chi connectivity index (χ3v) is 5.04. The van der Waals surface area contributed by atoms with Crippen molar-refractivity contribution in [3.8, 4) is 0 Å². The van der Waals surface area contributed by atoms with Gasteiger partial charge in [0.05, 0.1) is 6.54 Å². The average molecular weight is 444 g/mol. The summed E-state index contributed by atoms with van der Waals surface area (Å²) in [5.41, 5.74) is 2.57. The molecule has 0 radical (unpaired) electrons. The highest BCUT2D eigenvalue weighted by atomic mass is 79.9. The summed E-state index contributed by atoms with van der Waals surface area (Å²) in [6, 6.07) is 15.0. The average Bonchev–Trinajstić information content (AvgIpc) is 2.70. The standard InChI is InChI=1S/C21H22BrN3O3/c22-18-3-1-2-15(12-18)6-9-19(26)24-13-16-4-7-17(8-5-16)21(28)25-11-10-23-20(27)14-25/h1-5,7-8,12H,6,9-11,13-14H2,(H,23,27)(H,24,26). The van der Waals surface area contributed by atoms with Gasteiger partial charge in [0, 0.05) is 36.1 Å². The van der Waals surface area contributed by atoms with Crippen molar-refractivity contribution in [2.75, 3.05) is 19.6 Å². The summed E-state index contributed by atoms with van der Waals surface area (Å²) in [4.78, 5) is 37.5. The van der Waals surface area contributed by atoms with Gasteiger partial charge in [0.25, 0.3) is 5.91 Å². The minimum absolute atomic E-state index is 0.0144. The Hall–Kier alpha value is -2.67. The van der Waals surface area contributed by atoms with Gasteiger partial charge in [0.15, 0.2) is 0 Å². The topological polar surface area (TPSA) is 78.5 Å². The molecule has 2 aromatic rings. The van der Waals surface area contributed by atoms with Gasteiger partial charge in [-0.15, -0.1) is 0 Å². The molecule has 3 amide bonds. The van der Waals surface area contributed by atoms with E-state index in [1.807, 2.05) is 36.4 Å². The Kier molecular flexibility index (Phi) is 6.81. The van der Waals surface area contributed by atoms with Crippen molar-refractivity contribution in [2.24, 2.45) is 0 Å². The zero-order chi connectivity index (χ0) is 19.9. The van der Waals surface area contributed by atoms with Crippen LogP contribution in [-0.4, -0.2) is 42.3 Å². The maximum Gasteiger partial charge on any atom is 0.254 e. The van der Waals surface area contributed by atoms with Crippen LogP contribution in [-0.2, 0) is 22.6 Å². The summed E-state index contributed by atoms with van der Waals surface area (Å²) < 4.78 is 1.00. The Balaban J connectivity index is 1.46. The van der Waals surface area contributed by atoms with Crippen molar-refractivity contribution in [3.63, 3.8) is 0 Å². The molecule has 0 aliphatic carbocycles. The summed E-state index contributed by atoms with van der Waals surface area (Å²) in [6.45, 7) is 1.50. The van der Waals surface area contributed by atoms with E-state index in [4.69, 9.17) is 0 Å². The smallest absolute Gasteiger partial charge is 0.254 e. The van der Waals surface area contributed by atoms with Crippen LogP contribution in [0.2, 0.25) is 0 Å². The Morgan fingerprint density at radius 1 is 1.11 bits per heavy atom. The molecule has 28 heavy (non-hydrogen) atoms. The summed E-state index contributed by atoms with van der Waals surface area (Å²) in [7, 11) is 0. The highest BCUT2D eigenvalue weighted by Gasteiger charge is 2.22. The van der Waals surface area contributed by atoms with E-state index in [0.717, 1.165) is 15.6 Å². The number of carbonyl (C=O) groups excluding carboxylic acids is 3. The molecule has 146 valence electrons. The van der Waals surface area contributed by atoms with Crippen LogP contribution in [0.25, 0.3) is 0 Å². The van der Waals surface area contributed by atoms with E-state index >= 15 is 0 Å². The Morgan fingerprint density at radius 3 is 2.61 bits per heavy atom. The molecule has 1 aliphatic heterocycles. The lowest BCUT2D eigenvalue weighted by Crippen LogP contribution is -2.49. The van der Waals surface area contributed by atoms with Gasteiger partial charge in [-0.1, -0.05) is 40.2 Å². The second-order valence-electron chi connectivity index (χ2n) is 6.68. The number of hydrogen-bond acceptors (Lipinski definition) is 3. The van der Waals surface area contributed by atoms with Gasteiger partial charge in [-0.25, -0.2) is 0 Å². The van der Waals surface area contributed by atoms with Crippen LogP contribution in [0.4, 0.5) is 0 Å². The van der Waals surface area contributed by atoms with E-state index in [2.05, 4.69) is 26.6 Å². The van der Waals surface area contributed by atoms with Crippen LogP contribution < -0.4 is 10.6 Å². The zero-order valence-electron chi connectivity index (χ0n) is 15.4. The number of hydrogen-bond donors (Lipinski definition) is 2. The molecule has 1 aliphatic rings. The number of piperazine rings is 1. The van der Waals surface area contributed by atoms with Gasteiger partial charge >= 0.3 is 0 Å². The molecular formula is C21H22BrN3O3. The Morgan fingerprint density at radius 2 is 1.89 bits per heavy atom. The van der Waals surface area contributed by atoms with Crippen molar-refractivity contribution in [1.82, 2.24) is 15.5 Å². The normalized spacial score (nSPS) is 13.8. The second kappa shape index (κ2) is 9.50. The summed E-state index contributed by atoms with van der Waals surface area (Å²) >= 11 is 3.43. The molecule has 1 heterocycles.